The summed E-state index contributed by atoms with van der Waals surface area (Å²) in [6, 6.07) is 6.39. The van der Waals surface area contributed by atoms with Gasteiger partial charge in [-0.15, -0.1) is 0 Å². The van der Waals surface area contributed by atoms with Gasteiger partial charge in [-0.25, -0.2) is 9.67 Å². The SMILES string of the molecule is CC(=O)c1cccc2nc(Cn3nc(C(F)(F)F)cc3Cl)cc(=O)n12. The number of rotatable bonds is 3. The average Bonchev–Trinajstić information content (AvgIpc) is 2.87. The van der Waals surface area contributed by atoms with Crippen molar-refractivity contribution in [3.05, 3.63) is 62.9 Å². The van der Waals surface area contributed by atoms with Crippen LogP contribution < -0.4 is 5.56 Å². The Balaban J connectivity index is 2.06. The summed E-state index contributed by atoms with van der Waals surface area (Å²) in [7, 11) is 0. The lowest BCUT2D eigenvalue weighted by atomic mass is 10.2. The van der Waals surface area contributed by atoms with E-state index in [4.69, 9.17) is 11.6 Å². The zero-order chi connectivity index (χ0) is 18.4. The van der Waals surface area contributed by atoms with E-state index in [0.29, 0.717) is 6.07 Å². The summed E-state index contributed by atoms with van der Waals surface area (Å²) in [5.41, 5.74) is -1.11. The molecule has 10 heteroatoms. The smallest absolute Gasteiger partial charge is 0.293 e. The Morgan fingerprint density at radius 1 is 1.28 bits per heavy atom. The molecule has 0 atom stereocenters. The Labute approximate surface area is 143 Å². The van der Waals surface area contributed by atoms with Crippen molar-refractivity contribution in [2.75, 3.05) is 0 Å². The number of Topliss-reactive ketones (excluding diaryl/α,β-unsaturated/α-hetero) is 1. The highest BCUT2D eigenvalue weighted by atomic mass is 35.5. The summed E-state index contributed by atoms with van der Waals surface area (Å²) >= 11 is 5.77. The molecule has 0 saturated heterocycles. The van der Waals surface area contributed by atoms with Crippen LogP contribution in [0.15, 0.2) is 35.1 Å². The number of nitrogens with zero attached hydrogens (tertiary/aromatic N) is 4. The van der Waals surface area contributed by atoms with Crippen molar-refractivity contribution >= 4 is 23.0 Å². The summed E-state index contributed by atoms with van der Waals surface area (Å²) in [4.78, 5) is 28.1. The van der Waals surface area contributed by atoms with Gasteiger partial charge in [0.25, 0.3) is 5.56 Å². The third-order valence-corrected chi connectivity index (χ3v) is 3.74. The molecule has 0 aliphatic carbocycles. The van der Waals surface area contributed by atoms with Gasteiger partial charge in [0.05, 0.1) is 17.9 Å². The van der Waals surface area contributed by atoms with E-state index in [2.05, 4.69) is 10.1 Å². The molecule has 3 heterocycles. The number of carbonyl (C=O) groups excluding carboxylic acids is 1. The molecule has 0 aliphatic heterocycles. The second kappa shape index (κ2) is 5.99. The van der Waals surface area contributed by atoms with E-state index < -0.39 is 17.4 Å². The van der Waals surface area contributed by atoms with Crippen molar-refractivity contribution in [2.45, 2.75) is 19.6 Å². The first-order valence-electron chi connectivity index (χ1n) is 7.00. The third-order valence-electron chi connectivity index (χ3n) is 3.43. The van der Waals surface area contributed by atoms with Crippen LogP contribution in [0.4, 0.5) is 13.2 Å². The molecular formula is C15H10ClF3N4O2. The van der Waals surface area contributed by atoms with E-state index in [1.165, 1.54) is 19.1 Å². The first-order chi connectivity index (χ1) is 11.7. The van der Waals surface area contributed by atoms with Crippen molar-refractivity contribution in [3.8, 4) is 0 Å². The molecule has 0 aliphatic rings. The van der Waals surface area contributed by atoms with Gasteiger partial charge in [-0.05, 0) is 12.1 Å². The van der Waals surface area contributed by atoms with Crippen LogP contribution in [0.2, 0.25) is 5.15 Å². The maximum Gasteiger partial charge on any atom is 0.435 e. The number of hydrogen-bond donors (Lipinski definition) is 0. The summed E-state index contributed by atoms with van der Waals surface area (Å²) in [6.07, 6.45) is -4.62. The van der Waals surface area contributed by atoms with E-state index in [1.54, 1.807) is 6.07 Å². The van der Waals surface area contributed by atoms with E-state index in [0.717, 1.165) is 15.1 Å². The normalized spacial score (nSPS) is 11.9. The first kappa shape index (κ1) is 17.2. The van der Waals surface area contributed by atoms with Gasteiger partial charge < -0.3 is 0 Å². The average molecular weight is 371 g/mol. The van der Waals surface area contributed by atoms with Crippen LogP contribution >= 0.6 is 11.6 Å². The van der Waals surface area contributed by atoms with E-state index in [9.17, 15) is 22.8 Å². The molecule has 3 aromatic heterocycles. The fourth-order valence-corrected chi connectivity index (χ4v) is 2.56. The second-order valence-corrected chi connectivity index (χ2v) is 5.64. The molecule has 130 valence electrons. The summed E-state index contributed by atoms with van der Waals surface area (Å²) < 4.78 is 40.1. The van der Waals surface area contributed by atoms with Crippen LogP contribution in [0.25, 0.3) is 5.65 Å². The van der Waals surface area contributed by atoms with Crippen LogP contribution in [0.5, 0.6) is 0 Å². The maximum absolute atomic E-state index is 12.7. The summed E-state index contributed by atoms with van der Waals surface area (Å²) in [5, 5.41) is 3.16. The van der Waals surface area contributed by atoms with E-state index in [1.807, 2.05) is 0 Å². The highest BCUT2D eigenvalue weighted by Crippen LogP contribution is 2.30. The molecule has 0 radical (unpaired) electrons. The minimum Gasteiger partial charge on any atom is -0.293 e. The van der Waals surface area contributed by atoms with Gasteiger partial charge in [-0.1, -0.05) is 17.7 Å². The maximum atomic E-state index is 12.7. The van der Waals surface area contributed by atoms with Crippen molar-refractivity contribution in [3.63, 3.8) is 0 Å². The van der Waals surface area contributed by atoms with Crippen molar-refractivity contribution in [2.24, 2.45) is 0 Å². The monoisotopic (exact) mass is 370 g/mol. The lowest BCUT2D eigenvalue weighted by Gasteiger charge is -2.08. The van der Waals surface area contributed by atoms with Crippen LogP contribution in [0.1, 0.15) is 28.8 Å². The molecule has 6 nitrogen and oxygen atoms in total. The first-order valence-corrected chi connectivity index (χ1v) is 7.38. The molecular weight excluding hydrogens is 361 g/mol. The number of alkyl halides is 3. The molecule has 0 aromatic carbocycles. The lowest BCUT2D eigenvalue weighted by Crippen LogP contribution is -2.21. The lowest BCUT2D eigenvalue weighted by molar-refractivity contribution is -0.141. The molecule has 0 fully saturated rings. The highest BCUT2D eigenvalue weighted by molar-refractivity contribution is 6.29. The number of fused-ring (bicyclic) bond motifs is 1. The van der Waals surface area contributed by atoms with Crippen molar-refractivity contribution < 1.29 is 18.0 Å². The Hall–Kier alpha value is -2.68. The molecule has 0 bridgehead atoms. The number of halogens is 4. The quantitative estimate of drug-likeness (QED) is 0.665. The van der Waals surface area contributed by atoms with Crippen LogP contribution in [0, 0.1) is 0 Å². The Bertz CT molecular complexity index is 1040. The van der Waals surface area contributed by atoms with Gasteiger partial charge in [0.1, 0.15) is 10.8 Å². The number of ketones is 1. The fourth-order valence-electron chi connectivity index (χ4n) is 2.36. The topological polar surface area (TPSA) is 69.3 Å². The number of aromatic nitrogens is 4. The van der Waals surface area contributed by atoms with Gasteiger partial charge in [0.15, 0.2) is 11.5 Å². The number of carbonyl (C=O) groups is 1. The van der Waals surface area contributed by atoms with Crippen molar-refractivity contribution in [1.82, 2.24) is 19.2 Å². The molecule has 3 rings (SSSR count). The molecule has 0 spiro atoms. The third kappa shape index (κ3) is 3.27. The minimum atomic E-state index is -4.62. The van der Waals surface area contributed by atoms with Gasteiger partial charge >= 0.3 is 6.18 Å². The van der Waals surface area contributed by atoms with Crippen LogP contribution in [-0.2, 0) is 12.7 Å². The Morgan fingerprint density at radius 2 is 2.00 bits per heavy atom. The largest absolute Gasteiger partial charge is 0.435 e. The molecule has 0 saturated carbocycles. The molecule has 3 aromatic rings. The molecule has 25 heavy (non-hydrogen) atoms. The van der Waals surface area contributed by atoms with Gasteiger partial charge in [-0.2, -0.15) is 18.3 Å². The fraction of sp³-hybridized carbons (Fsp3) is 0.200. The molecule has 0 amide bonds. The predicted molar refractivity (Wildman–Crippen MR) is 82.8 cm³/mol. The summed E-state index contributed by atoms with van der Waals surface area (Å²) in [5.74, 6) is -0.313. The van der Waals surface area contributed by atoms with Gasteiger partial charge in [0.2, 0.25) is 0 Å². The standard InChI is InChI=1S/C15H10ClF3N4O2/c1-8(24)10-3-2-4-13-20-9(5-14(25)23(10)13)7-22-12(16)6-11(21-22)15(17,18)19/h2-6H,7H2,1H3. The zero-order valence-corrected chi connectivity index (χ0v) is 13.5. The molecule has 0 unspecified atom stereocenters. The Kier molecular flexibility index (Phi) is 4.11. The predicted octanol–water partition coefficient (Wildman–Crippen LogP) is 2.81. The minimum absolute atomic E-state index is 0.165. The number of pyridine rings is 1. The van der Waals surface area contributed by atoms with Crippen molar-refractivity contribution in [1.29, 1.82) is 0 Å². The summed E-state index contributed by atoms with van der Waals surface area (Å²) in [6.45, 7) is 1.10. The van der Waals surface area contributed by atoms with Crippen LogP contribution in [0.3, 0.4) is 0 Å². The number of hydrogen-bond acceptors (Lipinski definition) is 4. The Morgan fingerprint density at radius 3 is 2.60 bits per heavy atom. The van der Waals surface area contributed by atoms with E-state index in [-0.39, 0.29) is 34.5 Å². The van der Waals surface area contributed by atoms with Gasteiger partial charge in [-0.3, -0.25) is 14.0 Å². The van der Waals surface area contributed by atoms with Gasteiger partial charge in [0, 0.05) is 19.1 Å². The van der Waals surface area contributed by atoms with Crippen LogP contribution in [-0.4, -0.2) is 24.9 Å². The van der Waals surface area contributed by atoms with E-state index >= 15 is 0 Å². The zero-order valence-electron chi connectivity index (χ0n) is 12.7. The molecule has 0 N–H and O–H groups in total. The second-order valence-electron chi connectivity index (χ2n) is 5.25. The highest BCUT2D eigenvalue weighted by Gasteiger charge is 2.34.